The van der Waals surface area contributed by atoms with E-state index in [1.165, 1.54) is 23.7 Å². The number of hydrogen-bond donors (Lipinski definition) is 0. The van der Waals surface area contributed by atoms with Crippen molar-refractivity contribution in [1.29, 1.82) is 0 Å². The summed E-state index contributed by atoms with van der Waals surface area (Å²) < 4.78 is 48.0. The molecule has 1 amide bonds. The molecule has 1 unspecified atom stereocenters. The molecular weight excluding hydrogens is 516 g/mol. The smallest absolute Gasteiger partial charge is 0.260 e. The summed E-state index contributed by atoms with van der Waals surface area (Å²) in [4.78, 5) is 20.5. The van der Waals surface area contributed by atoms with Gasteiger partial charge in [-0.25, -0.2) is 13.4 Å². The van der Waals surface area contributed by atoms with E-state index in [0.717, 1.165) is 12.8 Å². The number of anilines is 1. The number of ether oxygens (including phenoxy) is 4. The number of sulfone groups is 1. The van der Waals surface area contributed by atoms with Gasteiger partial charge >= 0.3 is 0 Å². The maximum Gasteiger partial charge on any atom is 0.260 e. The molecule has 1 aliphatic rings. The van der Waals surface area contributed by atoms with Gasteiger partial charge in [0, 0.05) is 18.4 Å². The maximum atomic E-state index is 14.0. The van der Waals surface area contributed by atoms with Gasteiger partial charge in [0.05, 0.1) is 47.6 Å². The second-order valence-corrected chi connectivity index (χ2v) is 11.6. The molecule has 4 rings (SSSR count). The number of aromatic nitrogens is 1. The van der Waals surface area contributed by atoms with Crippen LogP contribution in [0.4, 0.5) is 5.13 Å². The van der Waals surface area contributed by atoms with Crippen LogP contribution in [0, 0.1) is 0 Å². The molecule has 0 aliphatic carbocycles. The molecule has 0 spiro atoms. The molecule has 37 heavy (non-hydrogen) atoms. The van der Waals surface area contributed by atoms with Gasteiger partial charge in [0.15, 0.2) is 26.5 Å². The van der Waals surface area contributed by atoms with Gasteiger partial charge in [0.1, 0.15) is 0 Å². The zero-order valence-corrected chi connectivity index (χ0v) is 23.1. The highest BCUT2D eigenvalue weighted by Crippen LogP contribution is 2.40. The van der Waals surface area contributed by atoms with Crippen molar-refractivity contribution in [3.05, 3.63) is 35.9 Å². The standard InChI is InChI=1S/C26H32N2O7S2/c1-5-32-21-13-17(14-22(33-6-2)24(21)34-7-3)25(29)28(16-18-9-8-12-35-18)26-27-20-11-10-19(37(4,30)31)15-23(20)36-26/h10-11,13-15,18H,5-9,12,16H2,1-4H3. The Kier molecular flexibility index (Phi) is 8.56. The highest BCUT2D eigenvalue weighted by atomic mass is 32.2. The minimum Gasteiger partial charge on any atom is -0.490 e. The third kappa shape index (κ3) is 6.16. The Morgan fingerprint density at radius 2 is 1.76 bits per heavy atom. The molecule has 0 radical (unpaired) electrons. The molecule has 200 valence electrons. The zero-order chi connectivity index (χ0) is 26.6. The Morgan fingerprint density at radius 1 is 1.08 bits per heavy atom. The van der Waals surface area contributed by atoms with E-state index in [9.17, 15) is 13.2 Å². The van der Waals surface area contributed by atoms with Crippen molar-refractivity contribution in [2.75, 3.05) is 44.1 Å². The normalized spacial score (nSPS) is 15.6. The Hall–Kier alpha value is -2.89. The fourth-order valence-corrected chi connectivity index (χ4v) is 5.88. The molecule has 1 saturated heterocycles. The predicted octanol–water partition coefficient (Wildman–Crippen LogP) is 4.72. The summed E-state index contributed by atoms with van der Waals surface area (Å²) in [5.74, 6) is 1.03. The van der Waals surface area contributed by atoms with Crippen LogP contribution in [-0.4, -0.2) is 64.6 Å². The van der Waals surface area contributed by atoms with Crippen LogP contribution in [0.2, 0.25) is 0 Å². The van der Waals surface area contributed by atoms with Crippen LogP contribution in [0.3, 0.4) is 0 Å². The van der Waals surface area contributed by atoms with Crippen molar-refractivity contribution < 1.29 is 32.2 Å². The predicted molar refractivity (Wildman–Crippen MR) is 143 cm³/mol. The molecule has 1 aliphatic heterocycles. The SMILES string of the molecule is CCOc1cc(C(=O)N(CC2CCCO2)c2nc3ccc(S(C)(=O)=O)cc3s2)cc(OCC)c1OCC. The average molecular weight is 549 g/mol. The summed E-state index contributed by atoms with van der Waals surface area (Å²) in [7, 11) is -3.37. The highest BCUT2D eigenvalue weighted by Gasteiger charge is 2.29. The molecule has 2 heterocycles. The summed E-state index contributed by atoms with van der Waals surface area (Å²) >= 11 is 1.27. The van der Waals surface area contributed by atoms with Crippen LogP contribution in [0.25, 0.3) is 10.2 Å². The van der Waals surface area contributed by atoms with Crippen LogP contribution in [0.5, 0.6) is 17.2 Å². The van der Waals surface area contributed by atoms with Gasteiger partial charge in [0.25, 0.3) is 5.91 Å². The first-order chi connectivity index (χ1) is 17.7. The first-order valence-corrected chi connectivity index (χ1v) is 15.1. The van der Waals surface area contributed by atoms with E-state index in [1.54, 1.807) is 29.2 Å². The molecule has 9 nitrogen and oxygen atoms in total. The van der Waals surface area contributed by atoms with E-state index in [1.807, 2.05) is 20.8 Å². The van der Waals surface area contributed by atoms with Crippen LogP contribution in [0.1, 0.15) is 44.0 Å². The third-order valence-corrected chi connectivity index (χ3v) is 7.97. The number of carbonyl (C=O) groups is 1. The quantitative estimate of drug-likeness (QED) is 0.339. The van der Waals surface area contributed by atoms with E-state index >= 15 is 0 Å². The van der Waals surface area contributed by atoms with Gasteiger partial charge in [-0.2, -0.15) is 0 Å². The number of thiazole rings is 1. The molecule has 2 aromatic carbocycles. The van der Waals surface area contributed by atoms with Crippen LogP contribution < -0.4 is 19.1 Å². The number of fused-ring (bicyclic) bond motifs is 1. The monoisotopic (exact) mass is 548 g/mol. The minimum atomic E-state index is -3.37. The molecule has 0 bridgehead atoms. The maximum absolute atomic E-state index is 14.0. The lowest BCUT2D eigenvalue weighted by Crippen LogP contribution is -2.37. The minimum absolute atomic E-state index is 0.122. The molecular formula is C26H32N2O7S2. The summed E-state index contributed by atoms with van der Waals surface area (Å²) in [5.41, 5.74) is 0.985. The summed E-state index contributed by atoms with van der Waals surface area (Å²) in [5, 5.41) is 0.464. The number of benzene rings is 2. The molecule has 3 aromatic rings. The summed E-state index contributed by atoms with van der Waals surface area (Å²) in [6, 6.07) is 8.12. The molecule has 1 fully saturated rings. The fraction of sp³-hybridized carbons (Fsp3) is 0.462. The van der Waals surface area contributed by atoms with Gasteiger partial charge in [-0.15, -0.1) is 0 Å². The van der Waals surface area contributed by atoms with E-state index in [2.05, 4.69) is 4.98 Å². The Bertz CT molecular complexity index is 1340. The van der Waals surface area contributed by atoms with E-state index < -0.39 is 9.84 Å². The molecule has 0 saturated carbocycles. The van der Waals surface area contributed by atoms with E-state index in [-0.39, 0.29) is 16.9 Å². The molecule has 11 heteroatoms. The number of rotatable bonds is 11. The van der Waals surface area contributed by atoms with Crippen LogP contribution >= 0.6 is 11.3 Å². The van der Waals surface area contributed by atoms with Gasteiger partial charge < -0.3 is 18.9 Å². The fourth-order valence-electron chi connectivity index (χ4n) is 4.15. The largest absolute Gasteiger partial charge is 0.490 e. The zero-order valence-electron chi connectivity index (χ0n) is 21.5. The van der Waals surface area contributed by atoms with E-state index in [0.29, 0.717) is 71.1 Å². The second-order valence-electron chi connectivity index (χ2n) is 8.55. The van der Waals surface area contributed by atoms with Crippen molar-refractivity contribution in [2.24, 2.45) is 0 Å². The van der Waals surface area contributed by atoms with Gasteiger partial charge in [-0.1, -0.05) is 11.3 Å². The first-order valence-electron chi connectivity index (χ1n) is 12.4. The van der Waals surface area contributed by atoms with Crippen LogP contribution in [-0.2, 0) is 14.6 Å². The second kappa shape index (κ2) is 11.7. The van der Waals surface area contributed by atoms with Gasteiger partial charge in [-0.05, 0) is 63.9 Å². The van der Waals surface area contributed by atoms with E-state index in [4.69, 9.17) is 18.9 Å². The number of hydrogen-bond acceptors (Lipinski definition) is 9. The lowest BCUT2D eigenvalue weighted by Gasteiger charge is -2.24. The topological polar surface area (TPSA) is 104 Å². The number of amides is 1. The van der Waals surface area contributed by atoms with Gasteiger partial charge in [0.2, 0.25) is 5.75 Å². The highest BCUT2D eigenvalue weighted by molar-refractivity contribution is 7.90. The Labute approximate surface area is 221 Å². The van der Waals surface area contributed by atoms with Crippen molar-refractivity contribution >= 4 is 42.4 Å². The van der Waals surface area contributed by atoms with Crippen molar-refractivity contribution in [1.82, 2.24) is 4.98 Å². The number of carbonyl (C=O) groups excluding carboxylic acids is 1. The molecule has 1 atom stereocenters. The Balaban J connectivity index is 1.78. The van der Waals surface area contributed by atoms with Crippen LogP contribution in [0.15, 0.2) is 35.2 Å². The first kappa shape index (κ1) is 27.2. The van der Waals surface area contributed by atoms with Crippen molar-refractivity contribution in [2.45, 2.75) is 44.6 Å². The average Bonchev–Trinajstić information content (AvgIpc) is 3.53. The van der Waals surface area contributed by atoms with Gasteiger partial charge in [-0.3, -0.25) is 9.69 Å². The lowest BCUT2D eigenvalue weighted by molar-refractivity contribution is 0.0916. The summed E-state index contributed by atoms with van der Waals surface area (Å²) in [6.45, 7) is 7.76. The third-order valence-electron chi connectivity index (χ3n) is 5.82. The number of nitrogens with zero attached hydrogens (tertiary/aromatic N) is 2. The summed E-state index contributed by atoms with van der Waals surface area (Å²) in [6.07, 6.45) is 2.81. The van der Waals surface area contributed by atoms with Crippen molar-refractivity contribution in [3.63, 3.8) is 0 Å². The van der Waals surface area contributed by atoms with Crippen molar-refractivity contribution in [3.8, 4) is 17.2 Å². The molecule has 0 N–H and O–H groups in total. The molecule has 1 aromatic heterocycles. The lowest BCUT2D eigenvalue weighted by atomic mass is 10.1. The Morgan fingerprint density at radius 3 is 2.32 bits per heavy atom.